The van der Waals surface area contributed by atoms with Gasteiger partial charge in [0.25, 0.3) is 5.91 Å². The van der Waals surface area contributed by atoms with Crippen molar-refractivity contribution in [3.05, 3.63) is 24.4 Å². The quantitative estimate of drug-likeness (QED) is 0.576. The topological polar surface area (TPSA) is 85.7 Å². The third kappa shape index (κ3) is 3.66. The first-order chi connectivity index (χ1) is 13.9. The summed E-state index contributed by atoms with van der Waals surface area (Å²) in [7, 11) is 0. The zero-order chi connectivity index (χ0) is 20.6. The van der Waals surface area contributed by atoms with E-state index in [0.29, 0.717) is 25.5 Å². The molecule has 4 rings (SSSR count). The summed E-state index contributed by atoms with van der Waals surface area (Å²) in [5, 5.41) is 3.55. The number of ether oxygens (including phenoxy) is 2. The molecule has 1 aromatic heterocycles. The van der Waals surface area contributed by atoms with Crippen molar-refractivity contribution in [2.45, 2.75) is 38.0 Å². The van der Waals surface area contributed by atoms with Crippen molar-refractivity contribution in [2.24, 2.45) is 0 Å². The SMILES string of the molecule is CCn1c(-c2ccc3c(c2)OCCO3)cnc1SCCN1C(=O)NC(C)(C)C1=O. The van der Waals surface area contributed by atoms with Crippen LogP contribution < -0.4 is 14.8 Å². The van der Waals surface area contributed by atoms with Crippen molar-refractivity contribution >= 4 is 23.7 Å². The van der Waals surface area contributed by atoms with Crippen LogP contribution in [0.1, 0.15) is 20.8 Å². The van der Waals surface area contributed by atoms with Gasteiger partial charge in [0.1, 0.15) is 18.8 Å². The van der Waals surface area contributed by atoms with E-state index in [2.05, 4.69) is 21.8 Å². The Balaban J connectivity index is 1.47. The molecule has 2 aliphatic rings. The monoisotopic (exact) mass is 416 g/mol. The molecule has 1 aromatic carbocycles. The average molecular weight is 417 g/mol. The van der Waals surface area contributed by atoms with E-state index in [9.17, 15) is 9.59 Å². The molecule has 0 atom stereocenters. The molecule has 1 N–H and O–H groups in total. The van der Waals surface area contributed by atoms with Crippen LogP contribution in [0.2, 0.25) is 0 Å². The normalized spacial score (nSPS) is 17.6. The highest BCUT2D eigenvalue weighted by molar-refractivity contribution is 7.99. The molecule has 0 unspecified atom stereocenters. The number of urea groups is 1. The summed E-state index contributed by atoms with van der Waals surface area (Å²) in [5.41, 5.74) is 1.16. The predicted molar refractivity (Wildman–Crippen MR) is 109 cm³/mol. The number of imidazole rings is 1. The summed E-state index contributed by atoms with van der Waals surface area (Å²) >= 11 is 1.53. The van der Waals surface area contributed by atoms with Crippen LogP contribution in [0.15, 0.2) is 29.6 Å². The lowest BCUT2D eigenvalue weighted by Crippen LogP contribution is -2.40. The molecular formula is C20H24N4O4S. The Morgan fingerprint density at radius 1 is 1.21 bits per heavy atom. The van der Waals surface area contributed by atoms with Crippen LogP contribution in [-0.4, -0.2) is 57.4 Å². The summed E-state index contributed by atoms with van der Waals surface area (Å²) < 4.78 is 13.4. The van der Waals surface area contributed by atoms with Crippen LogP contribution in [0.25, 0.3) is 11.3 Å². The van der Waals surface area contributed by atoms with Crippen molar-refractivity contribution in [2.75, 3.05) is 25.5 Å². The van der Waals surface area contributed by atoms with Crippen molar-refractivity contribution in [1.82, 2.24) is 19.8 Å². The van der Waals surface area contributed by atoms with E-state index in [0.717, 1.165) is 34.5 Å². The molecule has 1 saturated heterocycles. The second kappa shape index (κ2) is 7.62. The molecule has 0 bridgehead atoms. The molecule has 9 heteroatoms. The molecule has 0 radical (unpaired) electrons. The number of rotatable bonds is 6. The van der Waals surface area contributed by atoms with Gasteiger partial charge in [-0.05, 0) is 39.0 Å². The van der Waals surface area contributed by atoms with E-state index >= 15 is 0 Å². The maximum atomic E-state index is 12.3. The van der Waals surface area contributed by atoms with Crippen molar-refractivity contribution in [3.63, 3.8) is 0 Å². The molecule has 1 fully saturated rings. The highest BCUT2D eigenvalue weighted by Crippen LogP contribution is 2.35. The average Bonchev–Trinajstić information content (AvgIpc) is 3.20. The van der Waals surface area contributed by atoms with Gasteiger partial charge in [0.05, 0.1) is 11.9 Å². The molecule has 3 heterocycles. The molecule has 0 spiro atoms. The van der Waals surface area contributed by atoms with Crippen LogP contribution in [-0.2, 0) is 11.3 Å². The van der Waals surface area contributed by atoms with E-state index < -0.39 is 5.54 Å². The lowest BCUT2D eigenvalue weighted by molar-refractivity contribution is -0.130. The number of hydrogen-bond acceptors (Lipinski definition) is 6. The highest BCUT2D eigenvalue weighted by atomic mass is 32.2. The number of nitrogens with zero attached hydrogens (tertiary/aromatic N) is 3. The number of amides is 3. The molecule has 29 heavy (non-hydrogen) atoms. The molecule has 2 aliphatic heterocycles. The largest absolute Gasteiger partial charge is 0.486 e. The zero-order valence-electron chi connectivity index (χ0n) is 16.7. The van der Waals surface area contributed by atoms with E-state index in [1.165, 1.54) is 16.7 Å². The number of thioether (sulfide) groups is 1. The maximum absolute atomic E-state index is 12.3. The van der Waals surface area contributed by atoms with Crippen LogP contribution in [0.4, 0.5) is 4.79 Å². The molecule has 3 amide bonds. The van der Waals surface area contributed by atoms with Crippen molar-refractivity contribution in [3.8, 4) is 22.8 Å². The van der Waals surface area contributed by atoms with Crippen LogP contribution in [0.5, 0.6) is 11.5 Å². The number of aromatic nitrogens is 2. The summed E-state index contributed by atoms with van der Waals surface area (Å²) in [4.78, 5) is 30.1. The second-order valence-corrected chi connectivity index (χ2v) is 8.45. The third-order valence-electron chi connectivity index (χ3n) is 4.96. The third-order valence-corrected chi connectivity index (χ3v) is 5.93. The fourth-order valence-corrected chi connectivity index (χ4v) is 4.43. The smallest absolute Gasteiger partial charge is 0.325 e. The molecular weight excluding hydrogens is 392 g/mol. The van der Waals surface area contributed by atoms with Crippen molar-refractivity contribution in [1.29, 1.82) is 0 Å². The van der Waals surface area contributed by atoms with Gasteiger partial charge in [-0.1, -0.05) is 11.8 Å². The number of carbonyl (C=O) groups is 2. The van der Waals surface area contributed by atoms with Gasteiger partial charge in [0.15, 0.2) is 16.7 Å². The number of carbonyl (C=O) groups excluding carboxylic acids is 2. The number of nitrogens with one attached hydrogen (secondary N) is 1. The van der Waals surface area contributed by atoms with E-state index in [1.54, 1.807) is 13.8 Å². The number of hydrogen-bond donors (Lipinski definition) is 1. The van der Waals surface area contributed by atoms with Crippen LogP contribution in [0, 0.1) is 0 Å². The first-order valence-electron chi connectivity index (χ1n) is 9.63. The van der Waals surface area contributed by atoms with Crippen LogP contribution in [0.3, 0.4) is 0 Å². The van der Waals surface area contributed by atoms with Crippen molar-refractivity contribution < 1.29 is 19.1 Å². The molecule has 8 nitrogen and oxygen atoms in total. The van der Waals surface area contributed by atoms with Gasteiger partial charge < -0.3 is 19.4 Å². The lowest BCUT2D eigenvalue weighted by Gasteiger charge is -2.19. The fraction of sp³-hybridized carbons (Fsp3) is 0.450. The van der Waals surface area contributed by atoms with Gasteiger partial charge >= 0.3 is 6.03 Å². The minimum atomic E-state index is -0.838. The van der Waals surface area contributed by atoms with Gasteiger partial charge in [0.2, 0.25) is 0 Å². The molecule has 154 valence electrons. The molecule has 2 aromatic rings. The minimum Gasteiger partial charge on any atom is -0.486 e. The second-order valence-electron chi connectivity index (χ2n) is 7.39. The summed E-state index contributed by atoms with van der Waals surface area (Å²) in [5.74, 6) is 1.88. The number of imide groups is 1. The first kappa shape index (κ1) is 19.6. The Morgan fingerprint density at radius 3 is 2.66 bits per heavy atom. The number of benzene rings is 1. The Morgan fingerprint density at radius 2 is 1.97 bits per heavy atom. The Labute approximate surface area is 173 Å². The Kier molecular flexibility index (Phi) is 5.16. The highest BCUT2D eigenvalue weighted by Gasteiger charge is 2.43. The summed E-state index contributed by atoms with van der Waals surface area (Å²) in [6.07, 6.45) is 1.84. The van der Waals surface area contributed by atoms with Gasteiger partial charge in [-0.15, -0.1) is 0 Å². The first-order valence-corrected chi connectivity index (χ1v) is 10.6. The minimum absolute atomic E-state index is 0.195. The van der Waals surface area contributed by atoms with E-state index in [-0.39, 0.29) is 11.9 Å². The standard InChI is InChI=1S/C20H24N4O4S/c1-4-23-14(13-5-6-15-16(11-13)28-9-8-27-15)12-21-19(23)29-10-7-24-17(25)20(2,3)22-18(24)26/h5-6,11-12H,4,7-10H2,1-3H3,(H,22,26). The Bertz CT molecular complexity index is 956. The van der Waals surface area contributed by atoms with E-state index in [4.69, 9.17) is 9.47 Å². The van der Waals surface area contributed by atoms with Gasteiger partial charge in [-0.2, -0.15) is 0 Å². The summed E-state index contributed by atoms with van der Waals surface area (Å²) in [6, 6.07) is 5.56. The Hall–Kier alpha value is -2.68. The lowest BCUT2D eigenvalue weighted by atomic mass is 10.1. The van der Waals surface area contributed by atoms with Gasteiger partial charge in [0, 0.05) is 24.4 Å². The zero-order valence-corrected chi connectivity index (χ0v) is 17.5. The molecule has 0 aliphatic carbocycles. The van der Waals surface area contributed by atoms with Gasteiger partial charge in [-0.3, -0.25) is 9.69 Å². The van der Waals surface area contributed by atoms with E-state index in [1.807, 2.05) is 24.4 Å². The summed E-state index contributed by atoms with van der Waals surface area (Å²) in [6.45, 7) is 7.69. The maximum Gasteiger partial charge on any atom is 0.325 e. The fourth-order valence-electron chi connectivity index (χ4n) is 3.46. The molecule has 0 saturated carbocycles. The van der Waals surface area contributed by atoms with Gasteiger partial charge in [-0.25, -0.2) is 9.78 Å². The van der Waals surface area contributed by atoms with Crippen LogP contribution >= 0.6 is 11.8 Å². The predicted octanol–water partition coefficient (Wildman–Crippen LogP) is 2.76. The number of fused-ring (bicyclic) bond motifs is 1.